The molecule has 3 rings (SSSR count). The number of carbonyl (C=O) groups excluding carboxylic acids is 7. The second kappa shape index (κ2) is 15.0. The number of aromatic hydroxyl groups is 2. The highest BCUT2D eigenvalue weighted by Gasteiger charge is 2.51. The van der Waals surface area contributed by atoms with Crippen molar-refractivity contribution >= 4 is 41.5 Å². The van der Waals surface area contributed by atoms with E-state index in [9.17, 15) is 43.8 Å². The van der Waals surface area contributed by atoms with Gasteiger partial charge < -0.3 is 31.0 Å². The zero-order chi connectivity index (χ0) is 31.4. The Hall–Kier alpha value is -5.41. The van der Waals surface area contributed by atoms with E-state index in [4.69, 9.17) is 4.84 Å². The van der Waals surface area contributed by atoms with Gasteiger partial charge in [0.25, 0.3) is 0 Å². The standard InChI is InChI=1S/C27H32N6O10/c34-18(9-5-2-6-13-27(17-7-3-1-4-8-17)24(40)31-26(42)32-25(27)41)29-16-20(36)30-15-19(35)28-14-12-23(39)43-33-21(37)10-11-22(33)38/h1,3-4,7-8,10-11,37-38H,2,5-6,9,12-16H2,(H,28,35)(H,29,34)(H,30,36)(H2,31,32,40,41,42). The molecule has 0 atom stereocenters. The van der Waals surface area contributed by atoms with E-state index in [0.717, 1.165) is 12.1 Å². The van der Waals surface area contributed by atoms with Crippen LogP contribution in [0, 0.1) is 0 Å². The van der Waals surface area contributed by atoms with Crippen LogP contribution >= 0.6 is 0 Å². The van der Waals surface area contributed by atoms with Gasteiger partial charge in [-0.25, -0.2) is 9.59 Å². The van der Waals surface area contributed by atoms with Crippen molar-refractivity contribution in [3.63, 3.8) is 0 Å². The fourth-order valence-electron chi connectivity index (χ4n) is 4.28. The van der Waals surface area contributed by atoms with Gasteiger partial charge in [-0.3, -0.25) is 34.6 Å². The van der Waals surface area contributed by atoms with Gasteiger partial charge in [0.15, 0.2) is 5.41 Å². The molecule has 0 radical (unpaired) electrons. The van der Waals surface area contributed by atoms with Crippen LogP contribution in [0.3, 0.4) is 0 Å². The molecule has 1 aliphatic heterocycles. The Kier molecular flexibility index (Phi) is 11.2. The Bertz CT molecular complexity index is 1330. The van der Waals surface area contributed by atoms with Crippen LogP contribution in [0.25, 0.3) is 0 Å². The Morgan fingerprint density at radius 3 is 1.95 bits per heavy atom. The lowest BCUT2D eigenvalue weighted by Gasteiger charge is -2.34. The number of nitrogens with one attached hydrogen (secondary N) is 5. The third kappa shape index (κ3) is 8.79. The van der Waals surface area contributed by atoms with E-state index in [1.807, 2.05) is 0 Å². The van der Waals surface area contributed by atoms with Crippen LogP contribution in [0.2, 0.25) is 0 Å². The average molecular weight is 601 g/mol. The number of imide groups is 2. The first-order valence-corrected chi connectivity index (χ1v) is 13.4. The molecule has 0 aliphatic carbocycles. The lowest BCUT2D eigenvalue weighted by molar-refractivity contribution is -0.145. The third-order valence-electron chi connectivity index (χ3n) is 6.49. The molecule has 0 saturated carbocycles. The first kappa shape index (κ1) is 32.1. The number of hydrogen-bond acceptors (Lipinski definition) is 10. The zero-order valence-corrected chi connectivity index (χ0v) is 23.0. The number of rotatable bonds is 15. The van der Waals surface area contributed by atoms with Crippen molar-refractivity contribution in [1.29, 1.82) is 0 Å². The number of urea groups is 1. The first-order valence-electron chi connectivity index (χ1n) is 13.4. The lowest BCUT2D eigenvalue weighted by atomic mass is 9.73. The number of amides is 7. The molecule has 2 heterocycles. The molecule has 1 aromatic heterocycles. The van der Waals surface area contributed by atoms with E-state index in [0.29, 0.717) is 29.6 Å². The third-order valence-corrected chi connectivity index (χ3v) is 6.49. The highest BCUT2D eigenvalue weighted by Crippen LogP contribution is 2.33. The maximum atomic E-state index is 12.8. The maximum Gasteiger partial charge on any atom is 0.334 e. The van der Waals surface area contributed by atoms with Crippen molar-refractivity contribution in [2.45, 2.75) is 43.9 Å². The molecule has 16 nitrogen and oxygen atoms in total. The maximum absolute atomic E-state index is 12.8. The zero-order valence-electron chi connectivity index (χ0n) is 23.0. The molecule has 1 aliphatic rings. The van der Waals surface area contributed by atoms with Crippen LogP contribution in [0.15, 0.2) is 42.5 Å². The van der Waals surface area contributed by atoms with Crippen molar-refractivity contribution in [2.24, 2.45) is 0 Å². The number of aromatic nitrogens is 1. The summed E-state index contributed by atoms with van der Waals surface area (Å²) in [6.45, 7) is -0.903. The smallest absolute Gasteiger partial charge is 0.334 e. The van der Waals surface area contributed by atoms with E-state index < -0.39 is 65.3 Å². The highest BCUT2D eigenvalue weighted by atomic mass is 16.7. The molecule has 0 unspecified atom stereocenters. The van der Waals surface area contributed by atoms with E-state index in [-0.39, 0.29) is 32.4 Å². The highest BCUT2D eigenvalue weighted by molar-refractivity contribution is 6.22. The van der Waals surface area contributed by atoms with Crippen LogP contribution in [0.1, 0.15) is 44.1 Å². The van der Waals surface area contributed by atoms with Crippen LogP contribution < -0.4 is 31.4 Å². The molecule has 230 valence electrons. The molecule has 0 spiro atoms. The number of hydrogen-bond donors (Lipinski definition) is 7. The number of barbiturate groups is 1. The largest absolute Gasteiger partial charge is 0.492 e. The molecule has 1 saturated heterocycles. The van der Waals surface area contributed by atoms with Gasteiger partial charge in [-0.15, -0.1) is 4.73 Å². The molecule has 7 amide bonds. The molecule has 1 fully saturated rings. The quantitative estimate of drug-likeness (QED) is 0.0957. The number of nitrogens with zero attached hydrogens (tertiary/aromatic N) is 1. The fourth-order valence-corrected chi connectivity index (χ4v) is 4.28. The van der Waals surface area contributed by atoms with Crippen molar-refractivity contribution < 1.29 is 48.6 Å². The van der Waals surface area contributed by atoms with Crippen molar-refractivity contribution in [3.05, 3.63) is 48.0 Å². The topological polar surface area (TPSA) is 234 Å². The average Bonchev–Trinajstić information content (AvgIpc) is 3.28. The fraction of sp³-hybridized carbons (Fsp3) is 0.370. The van der Waals surface area contributed by atoms with E-state index in [1.54, 1.807) is 30.3 Å². The van der Waals surface area contributed by atoms with Gasteiger partial charge in [-0.2, -0.15) is 0 Å². The van der Waals surface area contributed by atoms with Gasteiger partial charge in [-0.1, -0.05) is 43.2 Å². The normalized spacial score (nSPS) is 13.8. The molecular weight excluding hydrogens is 568 g/mol. The predicted octanol–water partition coefficient (Wildman–Crippen LogP) is -1.15. The summed E-state index contributed by atoms with van der Waals surface area (Å²) in [7, 11) is 0. The molecule has 0 bridgehead atoms. The SMILES string of the molecule is O=C(CCCCCC1(c2ccccc2)C(=O)NC(=O)NC1=O)NCC(=O)NCC(=O)NCCC(=O)On1c(O)ccc1O. The summed E-state index contributed by atoms with van der Waals surface area (Å²) in [6.07, 6.45) is 1.23. The minimum absolute atomic E-state index is 0.0810. The molecule has 16 heteroatoms. The van der Waals surface area contributed by atoms with Crippen molar-refractivity contribution in [2.75, 3.05) is 19.6 Å². The molecule has 2 aromatic rings. The molecule has 43 heavy (non-hydrogen) atoms. The summed E-state index contributed by atoms with van der Waals surface area (Å²) in [4.78, 5) is 89.5. The summed E-state index contributed by atoms with van der Waals surface area (Å²) < 4.78 is 0.515. The van der Waals surface area contributed by atoms with Crippen LogP contribution in [0.5, 0.6) is 11.8 Å². The second-order valence-corrected chi connectivity index (χ2v) is 9.53. The van der Waals surface area contributed by atoms with Gasteiger partial charge in [0, 0.05) is 25.1 Å². The van der Waals surface area contributed by atoms with Crippen LogP contribution in [0.4, 0.5) is 4.79 Å². The molecular formula is C27H32N6O10. The number of carbonyl (C=O) groups is 7. The van der Waals surface area contributed by atoms with Gasteiger partial charge in [0.2, 0.25) is 41.3 Å². The van der Waals surface area contributed by atoms with Crippen LogP contribution in [-0.4, -0.2) is 76.1 Å². The monoisotopic (exact) mass is 600 g/mol. The summed E-state index contributed by atoms with van der Waals surface area (Å²) in [6, 6.07) is 9.75. The minimum Gasteiger partial charge on any atom is -0.492 e. The first-order chi connectivity index (χ1) is 20.5. The summed E-state index contributed by atoms with van der Waals surface area (Å²) in [5.41, 5.74) is -1.12. The summed E-state index contributed by atoms with van der Waals surface area (Å²) in [5, 5.41) is 30.3. The van der Waals surface area contributed by atoms with Crippen molar-refractivity contribution in [1.82, 2.24) is 31.3 Å². The lowest BCUT2D eigenvalue weighted by Crippen LogP contribution is -2.64. The van der Waals surface area contributed by atoms with E-state index in [2.05, 4.69) is 26.6 Å². The Morgan fingerprint density at radius 1 is 0.744 bits per heavy atom. The molecule has 7 N–H and O–H groups in total. The number of benzene rings is 1. The predicted molar refractivity (Wildman–Crippen MR) is 146 cm³/mol. The summed E-state index contributed by atoms with van der Waals surface area (Å²) in [5.74, 6) is -4.85. The minimum atomic E-state index is -1.57. The Balaban J connectivity index is 1.29. The van der Waals surface area contributed by atoms with E-state index in [1.165, 1.54) is 0 Å². The second-order valence-electron chi connectivity index (χ2n) is 9.53. The summed E-state index contributed by atoms with van der Waals surface area (Å²) >= 11 is 0. The Labute approximate surface area is 245 Å². The van der Waals surface area contributed by atoms with Gasteiger partial charge in [0.1, 0.15) is 0 Å². The molecule has 1 aromatic carbocycles. The van der Waals surface area contributed by atoms with Gasteiger partial charge in [0.05, 0.1) is 19.5 Å². The van der Waals surface area contributed by atoms with E-state index >= 15 is 0 Å². The van der Waals surface area contributed by atoms with Crippen molar-refractivity contribution in [3.8, 4) is 11.8 Å². The number of unbranched alkanes of at least 4 members (excludes halogenated alkanes) is 2. The Morgan fingerprint density at radius 2 is 1.33 bits per heavy atom. The van der Waals surface area contributed by atoms with Crippen LogP contribution in [-0.2, 0) is 34.2 Å². The van der Waals surface area contributed by atoms with Gasteiger partial charge in [-0.05, 0) is 18.4 Å². The van der Waals surface area contributed by atoms with Gasteiger partial charge >= 0.3 is 12.0 Å².